The van der Waals surface area contributed by atoms with Crippen molar-refractivity contribution in [2.75, 3.05) is 25.4 Å². The number of hydrogen-bond acceptors (Lipinski definition) is 5. The predicted molar refractivity (Wildman–Crippen MR) is 109 cm³/mol. The quantitative estimate of drug-likeness (QED) is 0.561. The second kappa shape index (κ2) is 8.63. The molecule has 2 heterocycles. The van der Waals surface area contributed by atoms with Gasteiger partial charge in [-0.15, -0.1) is 0 Å². The van der Waals surface area contributed by atoms with E-state index < -0.39 is 0 Å². The molecule has 0 aliphatic carbocycles. The zero-order chi connectivity index (χ0) is 19.6. The van der Waals surface area contributed by atoms with E-state index in [4.69, 9.17) is 16.3 Å². The van der Waals surface area contributed by atoms with Crippen LogP contribution in [0.3, 0.4) is 0 Å². The first-order valence-corrected chi connectivity index (χ1v) is 10.4. The summed E-state index contributed by atoms with van der Waals surface area (Å²) in [5.74, 6) is 0.559. The summed E-state index contributed by atoms with van der Waals surface area (Å²) in [6.07, 6.45) is 0.0513. The lowest BCUT2D eigenvalue weighted by Gasteiger charge is -2.31. The smallest absolute Gasteiger partial charge is 0.262 e. The molecular formula is C19H24ClN3O3S. The largest absolute Gasteiger partial charge is 0.375 e. The number of benzene rings is 1. The van der Waals surface area contributed by atoms with E-state index in [1.54, 1.807) is 22.8 Å². The minimum atomic E-state index is -0.119. The average Bonchev–Trinajstić information content (AvgIpc) is 2.62. The lowest BCUT2D eigenvalue weighted by atomic mass is 10.2. The number of carbonyl (C=O) groups excluding carboxylic acids is 1. The summed E-state index contributed by atoms with van der Waals surface area (Å²) in [6, 6.07) is 5.11. The van der Waals surface area contributed by atoms with Crippen molar-refractivity contribution in [2.45, 2.75) is 38.6 Å². The molecule has 1 aliphatic rings. The fourth-order valence-electron chi connectivity index (χ4n) is 3.07. The molecule has 1 atom stereocenters. The highest BCUT2D eigenvalue weighted by atomic mass is 35.5. The van der Waals surface area contributed by atoms with E-state index >= 15 is 0 Å². The van der Waals surface area contributed by atoms with Gasteiger partial charge in [-0.3, -0.25) is 14.2 Å². The highest BCUT2D eigenvalue weighted by Gasteiger charge is 2.22. The molecule has 1 aromatic heterocycles. The Morgan fingerprint density at radius 3 is 2.93 bits per heavy atom. The molecule has 1 aliphatic heterocycles. The Bertz CT molecular complexity index is 900. The number of amides is 1. The van der Waals surface area contributed by atoms with Crippen LogP contribution in [0.2, 0.25) is 5.02 Å². The zero-order valence-corrected chi connectivity index (χ0v) is 17.3. The maximum absolute atomic E-state index is 13.0. The molecule has 3 rings (SSSR count). The highest BCUT2D eigenvalue weighted by Crippen LogP contribution is 2.22. The average molecular weight is 410 g/mol. The lowest BCUT2D eigenvalue weighted by molar-refractivity contribution is -0.135. The highest BCUT2D eigenvalue weighted by molar-refractivity contribution is 7.99. The van der Waals surface area contributed by atoms with Crippen molar-refractivity contribution in [1.82, 2.24) is 14.5 Å². The van der Waals surface area contributed by atoms with Gasteiger partial charge in [0.1, 0.15) is 0 Å². The first-order valence-electron chi connectivity index (χ1n) is 9.07. The third-order valence-electron chi connectivity index (χ3n) is 4.35. The van der Waals surface area contributed by atoms with Gasteiger partial charge in [-0.25, -0.2) is 4.98 Å². The SMILES string of the molecule is CC(C)Cn1c(SCC(=O)N2CCOC(C)C2)nc2ccc(Cl)cc2c1=O. The first-order chi connectivity index (χ1) is 12.8. The summed E-state index contributed by atoms with van der Waals surface area (Å²) >= 11 is 7.36. The predicted octanol–water partition coefficient (Wildman–Crippen LogP) is 3.05. The standard InChI is InChI=1S/C19H24ClN3O3S/c1-12(2)9-23-18(25)15-8-14(20)4-5-16(15)21-19(23)27-11-17(24)22-6-7-26-13(3)10-22/h4-5,8,12-13H,6-7,9-11H2,1-3H3. The van der Waals surface area contributed by atoms with Gasteiger partial charge >= 0.3 is 0 Å². The van der Waals surface area contributed by atoms with E-state index in [1.165, 1.54) is 11.8 Å². The number of hydrogen-bond donors (Lipinski definition) is 0. The van der Waals surface area contributed by atoms with Gasteiger partial charge in [0.15, 0.2) is 5.16 Å². The van der Waals surface area contributed by atoms with Crippen LogP contribution < -0.4 is 5.56 Å². The van der Waals surface area contributed by atoms with Crippen LogP contribution in [-0.2, 0) is 16.1 Å². The number of thioether (sulfide) groups is 1. The first kappa shape index (κ1) is 20.2. The number of halogens is 1. The number of aromatic nitrogens is 2. The molecule has 146 valence electrons. The van der Waals surface area contributed by atoms with Crippen LogP contribution in [0.1, 0.15) is 20.8 Å². The van der Waals surface area contributed by atoms with Gasteiger partial charge in [-0.1, -0.05) is 37.2 Å². The molecular weight excluding hydrogens is 386 g/mol. The van der Waals surface area contributed by atoms with Crippen molar-refractivity contribution in [1.29, 1.82) is 0 Å². The fraction of sp³-hybridized carbons (Fsp3) is 0.526. The van der Waals surface area contributed by atoms with Gasteiger partial charge in [0.25, 0.3) is 5.56 Å². The topological polar surface area (TPSA) is 64.4 Å². The Hall–Kier alpha value is -1.57. The van der Waals surface area contributed by atoms with Crippen molar-refractivity contribution in [3.8, 4) is 0 Å². The van der Waals surface area contributed by atoms with E-state index in [0.29, 0.717) is 47.3 Å². The second-order valence-electron chi connectivity index (χ2n) is 7.18. The van der Waals surface area contributed by atoms with Crippen molar-refractivity contribution in [3.05, 3.63) is 33.6 Å². The van der Waals surface area contributed by atoms with Crippen molar-refractivity contribution in [2.24, 2.45) is 5.92 Å². The Labute approximate surface area is 167 Å². The third-order valence-corrected chi connectivity index (χ3v) is 5.54. The van der Waals surface area contributed by atoms with Crippen LogP contribution in [0.5, 0.6) is 0 Å². The molecule has 1 fully saturated rings. The molecule has 6 nitrogen and oxygen atoms in total. The molecule has 1 amide bonds. The maximum Gasteiger partial charge on any atom is 0.262 e. The Morgan fingerprint density at radius 1 is 1.44 bits per heavy atom. The summed E-state index contributed by atoms with van der Waals surface area (Å²) < 4.78 is 7.14. The van der Waals surface area contributed by atoms with E-state index in [0.717, 1.165) is 0 Å². The summed E-state index contributed by atoms with van der Waals surface area (Å²) in [7, 11) is 0. The minimum Gasteiger partial charge on any atom is -0.375 e. The molecule has 0 saturated carbocycles. The number of ether oxygens (including phenoxy) is 1. The van der Waals surface area contributed by atoms with Crippen LogP contribution in [0.15, 0.2) is 28.2 Å². The number of rotatable bonds is 5. The second-order valence-corrected chi connectivity index (χ2v) is 8.55. The van der Waals surface area contributed by atoms with Crippen molar-refractivity contribution < 1.29 is 9.53 Å². The molecule has 1 aromatic carbocycles. The molecule has 0 radical (unpaired) electrons. The Morgan fingerprint density at radius 2 is 2.22 bits per heavy atom. The number of carbonyl (C=O) groups is 1. The van der Waals surface area contributed by atoms with Crippen LogP contribution in [0.25, 0.3) is 10.9 Å². The van der Waals surface area contributed by atoms with Crippen LogP contribution in [-0.4, -0.2) is 51.9 Å². The van der Waals surface area contributed by atoms with Gasteiger partial charge in [0, 0.05) is 24.7 Å². The number of morpholine rings is 1. The molecule has 0 bridgehead atoms. The maximum atomic E-state index is 13.0. The van der Waals surface area contributed by atoms with Gasteiger partial charge < -0.3 is 9.64 Å². The molecule has 27 heavy (non-hydrogen) atoms. The Balaban J connectivity index is 1.87. The van der Waals surface area contributed by atoms with E-state index in [2.05, 4.69) is 4.98 Å². The summed E-state index contributed by atoms with van der Waals surface area (Å²) in [5.41, 5.74) is 0.477. The van der Waals surface area contributed by atoms with E-state index in [9.17, 15) is 9.59 Å². The molecule has 8 heteroatoms. The fourth-order valence-corrected chi connectivity index (χ4v) is 4.16. The van der Waals surface area contributed by atoms with E-state index in [-0.39, 0.29) is 29.2 Å². The molecule has 2 aromatic rings. The zero-order valence-electron chi connectivity index (χ0n) is 15.8. The van der Waals surface area contributed by atoms with E-state index in [1.807, 2.05) is 25.7 Å². The van der Waals surface area contributed by atoms with Crippen LogP contribution >= 0.6 is 23.4 Å². The van der Waals surface area contributed by atoms with Gasteiger partial charge in [0.2, 0.25) is 5.91 Å². The van der Waals surface area contributed by atoms with Gasteiger partial charge in [-0.05, 0) is 31.0 Å². The van der Waals surface area contributed by atoms with Crippen molar-refractivity contribution >= 4 is 40.2 Å². The molecule has 0 spiro atoms. The van der Waals surface area contributed by atoms with Crippen LogP contribution in [0, 0.1) is 5.92 Å². The summed E-state index contributed by atoms with van der Waals surface area (Å²) in [4.78, 5) is 32.0. The third kappa shape index (κ3) is 4.83. The number of nitrogens with zero attached hydrogens (tertiary/aromatic N) is 3. The van der Waals surface area contributed by atoms with Gasteiger partial charge in [-0.2, -0.15) is 0 Å². The van der Waals surface area contributed by atoms with Crippen molar-refractivity contribution in [3.63, 3.8) is 0 Å². The normalized spacial score (nSPS) is 17.7. The van der Waals surface area contributed by atoms with Gasteiger partial charge in [0.05, 0.1) is 29.4 Å². The number of fused-ring (bicyclic) bond motifs is 1. The van der Waals surface area contributed by atoms with Crippen LogP contribution in [0.4, 0.5) is 0 Å². The minimum absolute atomic E-state index is 0.0386. The molecule has 1 unspecified atom stereocenters. The Kier molecular flexibility index (Phi) is 6.44. The summed E-state index contributed by atoms with van der Waals surface area (Å²) in [5, 5.41) is 1.58. The lowest BCUT2D eigenvalue weighted by Crippen LogP contribution is -2.45. The molecule has 1 saturated heterocycles. The summed E-state index contributed by atoms with van der Waals surface area (Å²) in [6.45, 7) is 8.35. The monoisotopic (exact) mass is 409 g/mol. The molecule has 0 N–H and O–H groups in total.